The zero-order chi connectivity index (χ0) is 20.2. The van der Waals surface area contributed by atoms with Gasteiger partial charge in [0, 0.05) is 42.5 Å². The molecule has 1 N–H and O–H groups in total. The lowest BCUT2D eigenvalue weighted by Gasteiger charge is -2.35. The average molecular weight is 398 g/mol. The molecule has 151 valence electrons. The maximum Gasteiger partial charge on any atom is 0.217 e. The van der Waals surface area contributed by atoms with Crippen LogP contribution in [-0.4, -0.2) is 46.8 Å². The van der Waals surface area contributed by atoms with E-state index in [2.05, 4.69) is 66.9 Å². The second-order valence-corrected chi connectivity index (χ2v) is 8.21. The molecule has 1 aromatic heterocycles. The first-order valence-corrected chi connectivity index (χ1v) is 10.5. The van der Waals surface area contributed by atoms with Crippen LogP contribution in [0, 0.1) is 20.3 Å². The molecule has 3 heterocycles. The van der Waals surface area contributed by atoms with Crippen LogP contribution >= 0.6 is 0 Å². The fourth-order valence-corrected chi connectivity index (χ4v) is 4.43. The summed E-state index contributed by atoms with van der Waals surface area (Å²) < 4.78 is 7.50. The van der Waals surface area contributed by atoms with Gasteiger partial charge in [0.25, 0.3) is 0 Å². The first-order chi connectivity index (χ1) is 14.7. The SMILES string of the molecule is Cc1cccc(-c2ccn(C3N=C(N4CCOCC4)c4c(cc(C)c5c4[CH]5)N3)n2)c1. The summed E-state index contributed by atoms with van der Waals surface area (Å²) in [6, 6.07) is 12.7. The highest BCUT2D eigenvalue weighted by molar-refractivity contribution is 6.09. The van der Waals surface area contributed by atoms with Crippen molar-refractivity contribution in [2.45, 2.75) is 20.1 Å². The normalized spacial score (nSPS) is 19.6. The van der Waals surface area contributed by atoms with Crippen molar-refractivity contribution in [1.82, 2.24) is 14.7 Å². The Morgan fingerprint density at radius 3 is 2.77 bits per heavy atom. The Hall–Kier alpha value is -3.12. The van der Waals surface area contributed by atoms with Gasteiger partial charge in [-0.1, -0.05) is 23.8 Å². The number of ether oxygens (including phenoxy) is 1. The molecule has 6 heteroatoms. The predicted octanol–water partition coefficient (Wildman–Crippen LogP) is 3.74. The third-order valence-corrected chi connectivity index (χ3v) is 6.06. The smallest absolute Gasteiger partial charge is 0.217 e. The van der Waals surface area contributed by atoms with E-state index in [9.17, 15) is 0 Å². The predicted molar refractivity (Wildman–Crippen MR) is 118 cm³/mol. The first-order valence-electron chi connectivity index (χ1n) is 10.5. The van der Waals surface area contributed by atoms with Crippen molar-refractivity contribution in [3.63, 3.8) is 0 Å². The number of hydrogen-bond acceptors (Lipinski definition) is 5. The van der Waals surface area contributed by atoms with E-state index in [0.717, 1.165) is 49.1 Å². The molecule has 1 fully saturated rings. The lowest BCUT2D eigenvalue weighted by atomic mass is 10.1. The quantitative estimate of drug-likeness (QED) is 0.559. The molecule has 30 heavy (non-hydrogen) atoms. The molecule has 2 aromatic carbocycles. The first kappa shape index (κ1) is 17.7. The van der Waals surface area contributed by atoms with Crippen LogP contribution in [0.15, 0.2) is 47.6 Å². The largest absolute Gasteiger partial charge is 0.378 e. The van der Waals surface area contributed by atoms with Gasteiger partial charge < -0.3 is 15.0 Å². The number of fused-ring (bicyclic) bond motifs is 3. The fourth-order valence-electron chi connectivity index (χ4n) is 4.43. The van der Waals surface area contributed by atoms with E-state index in [1.165, 1.54) is 27.8 Å². The number of morpholine rings is 1. The third kappa shape index (κ3) is 2.91. The summed E-state index contributed by atoms with van der Waals surface area (Å²) in [4.78, 5) is 7.47. The molecule has 6 rings (SSSR count). The molecule has 3 aliphatic rings. The lowest BCUT2D eigenvalue weighted by molar-refractivity contribution is 0.0679. The second kappa shape index (κ2) is 6.71. The van der Waals surface area contributed by atoms with Crippen LogP contribution in [0.1, 0.15) is 34.1 Å². The van der Waals surface area contributed by atoms with Gasteiger partial charge >= 0.3 is 0 Å². The lowest BCUT2D eigenvalue weighted by Crippen LogP contribution is -2.43. The minimum absolute atomic E-state index is 0.273. The monoisotopic (exact) mass is 398 g/mol. The summed E-state index contributed by atoms with van der Waals surface area (Å²) in [5.41, 5.74) is 9.65. The molecule has 1 unspecified atom stereocenters. The summed E-state index contributed by atoms with van der Waals surface area (Å²) in [7, 11) is 0. The van der Waals surface area contributed by atoms with Gasteiger partial charge in [-0.2, -0.15) is 5.10 Å². The van der Waals surface area contributed by atoms with Crippen LogP contribution in [-0.2, 0) is 4.74 Å². The van der Waals surface area contributed by atoms with Gasteiger partial charge in [0.05, 0.1) is 18.9 Å². The minimum Gasteiger partial charge on any atom is -0.378 e. The standard InChI is InChI=1S/C24H24N5O/c1-15-4-3-5-17(12-15)20-6-7-29(27-20)24-25-21-13-16(2)18-14-19(18)22(21)23(26-24)28-8-10-30-11-9-28/h3-7,12-14,24-25H,8-11H2,1-2H3. The molecule has 0 bridgehead atoms. The van der Waals surface area contributed by atoms with Gasteiger partial charge in [-0.15, -0.1) is 0 Å². The average Bonchev–Trinajstić information content (AvgIpc) is 3.42. The molecule has 0 spiro atoms. The van der Waals surface area contributed by atoms with Crippen molar-refractivity contribution in [2.75, 3.05) is 31.6 Å². The van der Waals surface area contributed by atoms with Gasteiger partial charge in [-0.05, 0) is 48.7 Å². The maximum atomic E-state index is 5.58. The van der Waals surface area contributed by atoms with Crippen molar-refractivity contribution in [3.8, 4) is 11.3 Å². The molecule has 1 aliphatic carbocycles. The van der Waals surface area contributed by atoms with E-state index >= 15 is 0 Å². The van der Waals surface area contributed by atoms with Crippen LogP contribution in [0.3, 0.4) is 0 Å². The number of hydrogen-bond donors (Lipinski definition) is 1. The molecule has 6 nitrogen and oxygen atoms in total. The van der Waals surface area contributed by atoms with Crippen LogP contribution in [0.2, 0.25) is 0 Å². The number of amidine groups is 1. The molecule has 1 atom stereocenters. The zero-order valence-electron chi connectivity index (χ0n) is 17.2. The number of nitrogens with one attached hydrogen (secondary N) is 1. The third-order valence-electron chi connectivity index (χ3n) is 6.06. The van der Waals surface area contributed by atoms with Crippen molar-refractivity contribution < 1.29 is 4.74 Å². The van der Waals surface area contributed by atoms with Gasteiger partial charge in [0.2, 0.25) is 6.29 Å². The van der Waals surface area contributed by atoms with Crippen LogP contribution in [0.5, 0.6) is 0 Å². The summed E-state index contributed by atoms with van der Waals surface area (Å²) in [5, 5.41) is 8.46. The van der Waals surface area contributed by atoms with Crippen LogP contribution in [0.4, 0.5) is 5.69 Å². The Morgan fingerprint density at radius 2 is 1.93 bits per heavy atom. The molecule has 1 saturated heterocycles. The number of aliphatic imine (C=N–C) groups is 1. The van der Waals surface area contributed by atoms with Crippen LogP contribution in [0.25, 0.3) is 11.3 Å². The van der Waals surface area contributed by atoms with Crippen molar-refractivity contribution in [3.05, 3.63) is 76.8 Å². The number of aromatic nitrogens is 2. The zero-order valence-corrected chi connectivity index (χ0v) is 17.2. The summed E-state index contributed by atoms with van der Waals surface area (Å²) in [5.74, 6) is 1.05. The molecular formula is C24H24N5O. The van der Waals surface area contributed by atoms with Crippen molar-refractivity contribution in [1.29, 1.82) is 0 Å². The highest BCUT2D eigenvalue weighted by Crippen LogP contribution is 2.44. The van der Waals surface area contributed by atoms with Crippen LogP contribution < -0.4 is 5.32 Å². The Bertz CT molecular complexity index is 1170. The van der Waals surface area contributed by atoms with E-state index in [-0.39, 0.29) is 6.29 Å². The molecule has 0 saturated carbocycles. The highest BCUT2D eigenvalue weighted by Gasteiger charge is 2.35. The molecule has 0 amide bonds. The van der Waals surface area contributed by atoms with E-state index in [1.807, 2.05) is 10.9 Å². The number of aryl methyl sites for hydroxylation is 2. The van der Waals surface area contributed by atoms with Gasteiger partial charge in [-0.25, -0.2) is 9.67 Å². The van der Waals surface area contributed by atoms with Gasteiger partial charge in [0.1, 0.15) is 5.84 Å². The van der Waals surface area contributed by atoms with Crippen molar-refractivity contribution in [2.24, 2.45) is 4.99 Å². The van der Waals surface area contributed by atoms with E-state index in [1.54, 1.807) is 0 Å². The number of rotatable bonds is 2. The Balaban J connectivity index is 1.40. The van der Waals surface area contributed by atoms with Gasteiger partial charge in [0.15, 0.2) is 0 Å². The summed E-state index contributed by atoms with van der Waals surface area (Å²) >= 11 is 0. The van der Waals surface area contributed by atoms with Crippen molar-refractivity contribution >= 4 is 11.5 Å². The highest BCUT2D eigenvalue weighted by atomic mass is 16.5. The van der Waals surface area contributed by atoms with E-state index in [0.29, 0.717) is 0 Å². The maximum absolute atomic E-state index is 5.58. The molecular weight excluding hydrogens is 374 g/mol. The molecule has 1 radical (unpaired) electrons. The number of benzene rings is 2. The van der Waals surface area contributed by atoms with E-state index < -0.39 is 0 Å². The molecule has 2 aliphatic heterocycles. The summed E-state index contributed by atoms with van der Waals surface area (Å²) in [6.45, 7) is 7.48. The molecule has 3 aromatic rings. The fraction of sp³-hybridized carbons (Fsp3) is 0.292. The number of anilines is 1. The number of nitrogens with zero attached hydrogens (tertiary/aromatic N) is 4. The van der Waals surface area contributed by atoms with Gasteiger partial charge in [-0.3, -0.25) is 0 Å². The Kier molecular flexibility index (Phi) is 3.96. The minimum atomic E-state index is -0.273. The van der Waals surface area contributed by atoms with E-state index in [4.69, 9.17) is 14.8 Å². The Labute approximate surface area is 176 Å². The summed E-state index contributed by atoms with van der Waals surface area (Å²) in [6.07, 6.45) is 4.00. The Morgan fingerprint density at radius 1 is 1.07 bits per heavy atom. The second-order valence-electron chi connectivity index (χ2n) is 8.21. The topological polar surface area (TPSA) is 54.7 Å².